The second kappa shape index (κ2) is 11.1. The number of nitrogens with zero attached hydrogens (tertiary/aromatic N) is 3. The average molecular weight is 532 g/mol. The highest BCUT2D eigenvalue weighted by molar-refractivity contribution is 8.18. The van der Waals surface area contributed by atoms with Crippen LogP contribution in [0.4, 0.5) is 14.9 Å². The fourth-order valence-corrected chi connectivity index (χ4v) is 5.38. The zero-order valence-electron chi connectivity index (χ0n) is 20.8. The lowest BCUT2D eigenvalue weighted by atomic mass is 10.1. The third-order valence-corrected chi connectivity index (χ3v) is 7.46. The molecule has 0 aromatic heterocycles. The van der Waals surface area contributed by atoms with Crippen LogP contribution in [0.15, 0.2) is 77.7 Å². The van der Waals surface area contributed by atoms with Crippen molar-refractivity contribution in [3.8, 4) is 5.75 Å². The minimum absolute atomic E-state index is 0.0711. The van der Waals surface area contributed by atoms with Crippen molar-refractivity contribution in [1.29, 1.82) is 0 Å². The Balaban J connectivity index is 1.25. The number of ether oxygens (including phenoxy) is 1. The molecular weight excluding hydrogens is 505 g/mol. The van der Waals surface area contributed by atoms with Crippen molar-refractivity contribution in [3.63, 3.8) is 0 Å². The molecule has 7 nitrogen and oxygen atoms in total. The van der Waals surface area contributed by atoms with E-state index in [0.29, 0.717) is 42.9 Å². The van der Waals surface area contributed by atoms with Crippen molar-refractivity contribution in [2.24, 2.45) is 0 Å². The standard InChI is InChI=1S/C29H26FN3O4S/c1-37-25-8-3-2-7-24(25)31-13-15-32(16-14-31)27(34)22-6-4-5-21(17-22)18-26-28(35)33(29(36)38-26)19-20-9-11-23(30)12-10-20/h2-12,17-18H,13-16,19H2,1H3/b26-18-. The number of benzene rings is 3. The van der Waals surface area contributed by atoms with Crippen LogP contribution in [-0.4, -0.2) is 60.1 Å². The van der Waals surface area contributed by atoms with E-state index < -0.39 is 5.91 Å². The first kappa shape index (κ1) is 25.5. The van der Waals surface area contributed by atoms with Gasteiger partial charge >= 0.3 is 0 Å². The summed E-state index contributed by atoms with van der Waals surface area (Å²) in [4.78, 5) is 44.1. The number of anilines is 1. The van der Waals surface area contributed by atoms with Crippen LogP contribution in [0.1, 0.15) is 21.5 Å². The van der Waals surface area contributed by atoms with Gasteiger partial charge in [0.25, 0.3) is 17.1 Å². The Bertz CT molecular complexity index is 1400. The summed E-state index contributed by atoms with van der Waals surface area (Å²) in [6, 6.07) is 20.6. The number of thioether (sulfide) groups is 1. The van der Waals surface area contributed by atoms with Gasteiger partial charge in [-0.15, -0.1) is 0 Å². The number of carbonyl (C=O) groups is 3. The molecule has 9 heteroatoms. The first-order valence-electron chi connectivity index (χ1n) is 12.2. The number of piperazine rings is 1. The monoisotopic (exact) mass is 531 g/mol. The minimum atomic E-state index is -0.409. The topological polar surface area (TPSA) is 70.2 Å². The third-order valence-electron chi connectivity index (χ3n) is 6.55. The summed E-state index contributed by atoms with van der Waals surface area (Å²) in [6.07, 6.45) is 1.63. The largest absolute Gasteiger partial charge is 0.495 e. The number of para-hydroxylation sites is 2. The molecule has 0 saturated carbocycles. The fraction of sp³-hybridized carbons (Fsp3) is 0.207. The number of amides is 3. The summed E-state index contributed by atoms with van der Waals surface area (Å²) in [5.74, 6) is -0.0598. The van der Waals surface area contributed by atoms with E-state index in [4.69, 9.17) is 4.74 Å². The number of hydrogen-bond acceptors (Lipinski definition) is 6. The molecule has 2 aliphatic heterocycles. The van der Waals surface area contributed by atoms with E-state index in [1.165, 1.54) is 12.1 Å². The maximum absolute atomic E-state index is 13.3. The SMILES string of the molecule is COc1ccccc1N1CCN(C(=O)c2cccc(/C=C3\SC(=O)N(Cc4ccc(F)cc4)C3=O)c2)CC1. The van der Waals surface area contributed by atoms with Gasteiger partial charge in [-0.2, -0.15) is 0 Å². The molecule has 3 aromatic rings. The van der Waals surface area contributed by atoms with Crippen LogP contribution in [0.25, 0.3) is 6.08 Å². The van der Waals surface area contributed by atoms with Crippen molar-refractivity contribution in [2.45, 2.75) is 6.54 Å². The fourth-order valence-electron chi connectivity index (χ4n) is 4.55. The zero-order chi connectivity index (χ0) is 26.6. The smallest absolute Gasteiger partial charge is 0.293 e. The van der Waals surface area contributed by atoms with Gasteiger partial charge in [-0.1, -0.05) is 36.4 Å². The van der Waals surface area contributed by atoms with Crippen molar-refractivity contribution in [1.82, 2.24) is 9.80 Å². The molecule has 38 heavy (non-hydrogen) atoms. The van der Waals surface area contributed by atoms with Gasteiger partial charge < -0.3 is 14.5 Å². The van der Waals surface area contributed by atoms with E-state index in [9.17, 15) is 18.8 Å². The first-order valence-corrected chi connectivity index (χ1v) is 13.0. The Morgan fingerprint density at radius 1 is 0.974 bits per heavy atom. The third kappa shape index (κ3) is 5.43. The van der Waals surface area contributed by atoms with Gasteiger partial charge in [-0.25, -0.2) is 4.39 Å². The van der Waals surface area contributed by atoms with Crippen molar-refractivity contribution in [3.05, 3.63) is 100 Å². The predicted octanol–water partition coefficient (Wildman–Crippen LogP) is 5.03. The molecule has 3 aromatic carbocycles. The number of imide groups is 1. The van der Waals surface area contributed by atoms with Crippen molar-refractivity contribution >= 4 is 40.6 Å². The highest BCUT2D eigenvalue weighted by Crippen LogP contribution is 2.33. The van der Waals surface area contributed by atoms with Crippen LogP contribution in [0, 0.1) is 5.82 Å². The second-order valence-electron chi connectivity index (χ2n) is 8.97. The van der Waals surface area contributed by atoms with Crippen LogP contribution in [0.2, 0.25) is 0 Å². The summed E-state index contributed by atoms with van der Waals surface area (Å²) in [6.45, 7) is 2.59. The summed E-state index contributed by atoms with van der Waals surface area (Å²) < 4.78 is 18.7. The Morgan fingerprint density at radius 2 is 1.71 bits per heavy atom. The van der Waals surface area contributed by atoms with Crippen LogP contribution >= 0.6 is 11.8 Å². The number of hydrogen-bond donors (Lipinski definition) is 0. The number of rotatable bonds is 6. The minimum Gasteiger partial charge on any atom is -0.495 e. The molecule has 0 unspecified atom stereocenters. The molecule has 2 heterocycles. The number of methoxy groups -OCH3 is 1. The molecule has 0 atom stereocenters. The maximum Gasteiger partial charge on any atom is 0.293 e. The summed E-state index contributed by atoms with van der Waals surface area (Å²) in [7, 11) is 1.65. The van der Waals surface area contributed by atoms with Crippen LogP contribution in [0.5, 0.6) is 5.75 Å². The Labute approximate surface area is 224 Å². The highest BCUT2D eigenvalue weighted by Gasteiger charge is 2.35. The van der Waals surface area contributed by atoms with Crippen molar-refractivity contribution in [2.75, 3.05) is 38.2 Å². The quantitative estimate of drug-likeness (QED) is 0.416. The molecule has 2 fully saturated rings. The first-order chi connectivity index (χ1) is 18.4. The van der Waals surface area contributed by atoms with E-state index in [-0.39, 0.29) is 28.4 Å². The van der Waals surface area contributed by atoms with E-state index in [2.05, 4.69) is 4.90 Å². The molecule has 0 aliphatic carbocycles. The Kier molecular flexibility index (Phi) is 7.46. The predicted molar refractivity (Wildman–Crippen MR) is 145 cm³/mol. The van der Waals surface area contributed by atoms with Gasteiger partial charge in [-0.05, 0) is 65.4 Å². The summed E-state index contributed by atoms with van der Waals surface area (Å²) in [5, 5.41) is -0.384. The molecule has 0 N–H and O–H groups in total. The number of halogens is 1. The number of carbonyl (C=O) groups excluding carboxylic acids is 3. The molecule has 0 radical (unpaired) electrons. The molecule has 194 valence electrons. The lowest BCUT2D eigenvalue weighted by Gasteiger charge is -2.36. The van der Waals surface area contributed by atoms with E-state index in [1.807, 2.05) is 29.2 Å². The van der Waals surface area contributed by atoms with Gasteiger partial charge in [0.1, 0.15) is 11.6 Å². The van der Waals surface area contributed by atoms with Crippen LogP contribution in [-0.2, 0) is 11.3 Å². The average Bonchev–Trinajstić information content (AvgIpc) is 3.21. The van der Waals surface area contributed by atoms with Gasteiger partial charge in [0.15, 0.2) is 0 Å². The normalized spacial score (nSPS) is 16.9. The van der Waals surface area contributed by atoms with Crippen LogP contribution < -0.4 is 9.64 Å². The Hall–Kier alpha value is -4.11. The highest BCUT2D eigenvalue weighted by atomic mass is 32.2. The summed E-state index contributed by atoms with van der Waals surface area (Å²) >= 11 is 0.856. The van der Waals surface area contributed by atoms with Gasteiger partial charge in [0.05, 0.1) is 24.2 Å². The molecule has 2 aliphatic rings. The van der Waals surface area contributed by atoms with Gasteiger partial charge in [0.2, 0.25) is 0 Å². The Morgan fingerprint density at radius 3 is 2.45 bits per heavy atom. The molecule has 5 rings (SSSR count). The lowest BCUT2D eigenvalue weighted by Crippen LogP contribution is -2.48. The van der Waals surface area contributed by atoms with E-state index >= 15 is 0 Å². The molecule has 2 saturated heterocycles. The van der Waals surface area contributed by atoms with Crippen molar-refractivity contribution < 1.29 is 23.5 Å². The molecule has 0 bridgehead atoms. The van der Waals surface area contributed by atoms with E-state index in [0.717, 1.165) is 28.1 Å². The van der Waals surface area contributed by atoms with Gasteiger partial charge in [0, 0.05) is 31.7 Å². The molecular formula is C29H26FN3O4S. The summed E-state index contributed by atoms with van der Waals surface area (Å²) in [5.41, 5.74) is 2.86. The van der Waals surface area contributed by atoms with Crippen LogP contribution in [0.3, 0.4) is 0 Å². The van der Waals surface area contributed by atoms with Gasteiger partial charge in [-0.3, -0.25) is 19.3 Å². The maximum atomic E-state index is 13.3. The molecule has 0 spiro atoms. The van der Waals surface area contributed by atoms with E-state index in [1.54, 1.807) is 49.6 Å². The zero-order valence-corrected chi connectivity index (χ0v) is 21.6. The lowest BCUT2D eigenvalue weighted by molar-refractivity contribution is -0.123. The molecule has 3 amide bonds. The second-order valence-corrected chi connectivity index (χ2v) is 9.96.